The second kappa shape index (κ2) is 7.27. The average Bonchev–Trinajstić information content (AvgIpc) is 3.08. The number of aromatic nitrogens is 5. The first-order valence-electron chi connectivity index (χ1n) is 7.65. The lowest BCUT2D eigenvalue weighted by Crippen LogP contribution is -2.09. The van der Waals surface area contributed by atoms with Gasteiger partial charge >= 0.3 is 12.2 Å². The summed E-state index contributed by atoms with van der Waals surface area (Å²) in [7, 11) is 0. The van der Waals surface area contributed by atoms with Gasteiger partial charge in [-0.15, -0.1) is 5.10 Å². The molecular formula is C16H13F4N5O2. The molecule has 0 amide bonds. The van der Waals surface area contributed by atoms with E-state index in [-0.39, 0.29) is 18.3 Å². The van der Waals surface area contributed by atoms with Crippen LogP contribution in [0.4, 0.5) is 17.6 Å². The quantitative estimate of drug-likeness (QED) is 0.682. The van der Waals surface area contributed by atoms with Gasteiger partial charge in [0.2, 0.25) is 0 Å². The van der Waals surface area contributed by atoms with E-state index in [2.05, 4.69) is 20.3 Å². The molecule has 142 valence electrons. The van der Waals surface area contributed by atoms with E-state index in [9.17, 15) is 22.7 Å². The van der Waals surface area contributed by atoms with Gasteiger partial charge in [-0.1, -0.05) is 5.21 Å². The van der Waals surface area contributed by atoms with Crippen molar-refractivity contribution in [2.75, 3.05) is 0 Å². The SMILES string of the molecule is CC(O)c1cnc(OCc2cn(-c3ccc(F)c(C(F)(F)F)c3)nn2)nc1. The number of rotatable bonds is 5. The molecule has 1 aromatic carbocycles. The number of aliphatic hydroxyl groups is 1. The summed E-state index contributed by atoms with van der Waals surface area (Å²) in [5, 5.41) is 16.9. The molecule has 1 N–H and O–H groups in total. The molecule has 7 nitrogen and oxygen atoms in total. The molecule has 0 spiro atoms. The number of aliphatic hydroxyl groups excluding tert-OH is 1. The summed E-state index contributed by atoms with van der Waals surface area (Å²) in [6.45, 7) is 1.48. The van der Waals surface area contributed by atoms with Gasteiger partial charge in [0.25, 0.3) is 0 Å². The van der Waals surface area contributed by atoms with Gasteiger partial charge in [0, 0.05) is 18.0 Å². The maximum atomic E-state index is 13.4. The Morgan fingerprint density at radius 1 is 1.22 bits per heavy atom. The lowest BCUT2D eigenvalue weighted by molar-refractivity contribution is -0.140. The summed E-state index contributed by atoms with van der Waals surface area (Å²) in [6.07, 6.45) is -1.38. The molecule has 27 heavy (non-hydrogen) atoms. The molecule has 2 heterocycles. The summed E-state index contributed by atoms with van der Waals surface area (Å²) < 4.78 is 58.2. The molecule has 0 fully saturated rings. The van der Waals surface area contributed by atoms with Crippen LogP contribution in [0.15, 0.2) is 36.8 Å². The number of alkyl halides is 3. The summed E-state index contributed by atoms with van der Waals surface area (Å²) in [4.78, 5) is 7.83. The Hall–Kier alpha value is -3.08. The fraction of sp³-hybridized carbons (Fsp3) is 0.250. The molecule has 0 bridgehead atoms. The minimum Gasteiger partial charge on any atom is -0.457 e. The third-order valence-corrected chi connectivity index (χ3v) is 3.54. The maximum absolute atomic E-state index is 13.4. The Bertz CT molecular complexity index is 925. The van der Waals surface area contributed by atoms with E-state index in [0.717, 1.165) is 10.7 Å². The standard InChI is InChI=1S/C16H13F4N5O2/c1-9(26)10-5-21-15(22-6-10)27-8-11-7-25(24-23-11)12-2-3-14(17)13(4-12)16(18,19)20/h2-7,9,26H,8H2,1H3. The normalized spacial score (nSPS) is 12.8. The van der Waals surface area contributed by atoms with Crippen molar-refractivity contribution in [1.82, 2.24) is 25.0 Å². The predicted molar refractivity (Wildman–Crippen MR) is 83.3 cm³/mol. The van der Waals surface area contributed by atoms with E-state index >= 15 is 0 Å². The van der Waals surface area contributed by atoms with Gasteiger partial charge < -0.3 is 9.84 Å². The Labute approximate surface area is 150 Å². The Morgan fingerprint density at radius 3 is 2.56 bits per heavy atom. The zero-order valence-corrected chi connectivity index (χ0v) is 13.9. The molecule has 11 heteroatoms. The topological polar surface area (TPSA) is 86.0 Å². The fourth-order valence-corrected chi connectivity index (χ4v) is 2.12. The largest absolute Gasteiger partial charge is 0.457 e. The van der Waals surface area contributed by atoms with Crippen molar-refractivity contribution in [1.29, 1.82) is 0 Å². The van der Waals surface area contributed by atoms with Crippen LogP contribution in [-0.4, -0.2) is 30.1 Å². The van der Waals surface area contributed by atoms with Crippen LogP contribution in [0, 0.1) is 5.82 Å². The molecule has 1 atom stereocenters. The Morgan fingerprint density at radius 2 is 1.93 bits per heavy atom. The highest BCUT2D eigenvalue weighted by atomic mass is 19.4. The Kier molecular flexibility index (Phi) is 5.04. The third kappa shape index (κ3) is 4.37. The minimum absolute atomic E-state index is 0.0000105. The van der Waals surface area contributed by atoms with Crippen molar-refractivity contribution in [2.45, 2.75) is 25.8 Å². The van der Waals surface area contributed by atoms with E-state index in [1.165, 1.54) is 18.6 Å². The summed E-state index contributed by atoms with van der Waals surface area (Å²) >= 11 is 0. The number of benzene rings is 1. The van der Waals surface area contributed by atoms with Crippen molar-refractivity contribution in [2.24, 2.45) is 0 Å². The molecule has 0 aliphatic heterocycles. The van der Waals surface area contributed by atoms with Crippen molar-refractivity contribution in [3.8, 4) is 11.7 Å². The molecule has 0 saturated carbocycles. The molecular weight excluding hydrogens is 370 g/mol. The molecule has 3 rings (SSSR count). The summed E-state index contributed by atoms with van der Waals surface area (Å²) in [5.74, 6) is -1.37. The third-order valence-electron chi connectivity index (χ3n) is 3.54. The van der Waals surface area contributed by atoms with Gasteiger partial charge in [-0.2, -0.15) is 13.2 Å². The van der Waals surface area contributed by atoms with E-state index in [1.54, 1.807) is 6.92 Å². The van der Waals surface area contributed by atoms with Crippen LogP contribution in [0.5, 0.6) is 6.01 Å². The van der Waals surface area contributed by atoms with Crippen LogP contribution in [0.25, 0.3) is 5.69 Å². The number of hydrogen-bond acceptors (Lipinski definition) is 6. The Balaban J connectivity index is 1.72. The van der Waals surface area contributed by atoms with Crippen LogP contribution in [-0.2, 0) is 12.8 Å². The van der Waals surface area contributed by atoms with Gasteiger partial charge in [-0.25, -0.2) is 19.0 Å². The van der Waals surface area contributed by atoms with E-state index in [4.69, 9.17) is 4.74 Å². The zero-order chi connectivity index (χ0) is 19.6. The molecule has 1 unspecified atom stereocenters. The van der Waals surface area contributed by atoms with Crippen molar-refractivity contribution in [3.63, 3.8) is 0 Å². The van der Waals surface area contributed by atoms with Crippen LogP contribution < -0.4 is 4.74 Å². The minimum atomic E-state index is -4.82. The maximum Gasteiger partial charge on any atom is 0.419 e. The predicted octanol–water partition coefficient (Wildman–Crippen LogP) is 2.85. The van der Waals surface area contributed by atoms with Crippen LogP contribution >= 0.6 is 0 Å². The highest BCUT2D eigenvalue weighted by Gasteiger charge is 2.34. The van der Waals surface area contributed by atoms with E-state index < -0.39 is 23.7 Å². The second-order valence-corrected chi connectivity index (χ2v) is 5.58. The highest BCUT2D eigenvalue weighted by Crippen LogP contribution is 2.32. The number of nitrogens with zero attached hydrogens (tertiary/aromatic N) is 5. The molecule has 0 aliphatic carbocycles. The average molecular weight is 383 g/mol. The van der Waals surface area contributed by atoms with Crippen molar-refractivity contribution >= 4 is 0 Å². The van der Waals surface area contributed by atoms with Gasteiger partial charge in [0.15, 0.2) is 0 Å². The second-order valence-electron chi connectivity index (χ2n) is 5.58. The summed E-state index contributed by atoms with van der Waals surface area (Å²) in [5.41, 5.74) is -0.568. The summed E-state index contributed by atoms with van der Waals surface area (Å²) in [6, 6.07) is 2.55. The number of hydrogen-bond donors (Lipinski definition) is 1. The lowest BCUT2D eigenvalue weighted by atomic mass is 10.2. The molecule has 0 aliphatic rings. The van der Waals surface area contributed by atoms with E-state index in [0.29, 0.717) is 23.4 Å². The molecule has 3 aromatic rings. The highest BCUT2D eigenvalue weighted by molar-refractivity contribution is 5.37. The lowest BCUT2D eigenvalue weighted by Gasteiger charge is -2.09. The van der Waals surface area contributed by atoms with Crippen LogP contribution in [0.3, 0.4) is 0 Å². The molecule has 2 aromatic heterocycles. The van der Waals surface area contributed by atoms with Gasteiger partial charge in [0.1, 0.15) is 18.1 Å². The molecule has 0 radical (unpaired) electrons. The van der Waals surface area contributed by atoms with Crippen LogP contribution in [0.2, 0.25) is 0 Å². The fourth-order valence-electron chi connectivity index (χ4n) is 2.12. The van der Waals surface area contributed by atoms with Crippen LogP contribution in [0.1, 0.15) is 29.8 Å². The first kappa shape index (κ1) is 18.7. The zero-order valence-electron chi connectivity index (χ0n) is 13.9. The van der Waals surface area contributed by atoms with Gasteiger partial charge in [-0.05, 0) is 25.1 Å². The molecule has 0 saturated heterocycles. The smallest absolute Gasteiger partial charge is 0.419 e. The first-order valence-corrected chi connectivity index (χ1v) is 7.65. The van der Waals surface area contributed by atoms with E-state index in [1.807, 2.05) is 0 Å². The number of halogens is 4. The van der Waals surface area contributed by atoms with Gasteiger partial charge in [0.05, 0.1) is 23.6 Å². The van der Waals surface area contributed by atoms with Crippen molar-refractivity contribution in [3.05, 3.63) is 59.4 Å². The first-order chi connectivity index (χ1) is 12.7. The van der Waals surface area contributed by atoms with Crippen molar-refractivity contribution < 1.29 is 27.4 Å². The van der Waals surface area contributed by atoms with Gasteiger partial charge in [-0.3, -0.25) is 0 Å². The number of ether oxygens (including phenoxy) is 1. The monoisotopic (exact) mass is 383 g/mol.